The van der Waals surface area contributed by atoms with Crippen LogP contribution < -0.4 is 10.6 Å². The fourth-order valence-electron chi connectivity index (χ4n) is 2.34. The first-order valence-corrected chi connectivity index (χ1v) is 7.52. The number of hydrogen-bond acceptors (Lipinski definition) is 4. The first-order valence-electron chi connectivity index (χ1n) is 7.52. The van der Waals surface area contributed by atoms with Crippen LogP contribution >= 0.6 is 0 Å². The molecule has 0 bridgehead atoms. The average molecular weight is 284 g/mol. The van der Waals surface area contributed by atoms with Crippen molar-refractivity contribution >= 4 is 11.5 Å². The van der Waals surface area contributed by atoms with Crippen molar-refractivity contribution in [3.05, 3.63) is 36.2 Å². The average Bonchev–Trinajstić information content (AvgIpc) is 2.48. The molecule has 0 aliphatic carbocycles. The zero-order valence-electron chi connectivity index (χ0n) is 13.1. The second-order valence-corrected chi connectivity index (χ2v) is 5.42. The molecule has 0 aliphatic heterocycles. The van der Waals surface area contributed by atoms with Crippen LogP contribution in [0.2, 0.25) is 0 Å². The topological polar surface area (TPSA) is 55.0 Å². The molecule has 4 heteroatoms. The minimum absolute atomic E-state index is 0.725. The van der Waals surface area contributed by atoms with Gasteiger partial charge in [0.15, 0.2) is 5.82 Å². The van der Waals surface area contributed by atoms with Crippen LogP contribution in [0.4, 0.5) is 11.5 Å². The zero-order chi connectivity index (χ0) is 15.2. The molecule has 0 aromatic carbocycles. The van der Waals surface area contributed by atoms with Gasteiger partial charge in [-0.1, -0.05) is 19.8 Å². The van der Waals surface area contributed by atoms with Crippen LogP contribution in [-0.4, -0.2) is 23.6 Å². The van der Waals surface area contributed by atoms with Crippen molar-refractivity contribution in [1.29, 1.82) is 0 Å². The van der Waals surface area contributed by atoms with Gasteiger partial charge in [-0.15, -0.1) is 0 Å². The van der Waals surface area contributed by atoms with Crippen molar-refractivity contribution in [3.8, 4) is 11.3 Å². The summed E-state index contributed by atoms with van der Waals surface area (Å²) in [5, 5.41) is 0. The Morgan fingerprint density at radius 2 is 2.00 bits per heavy atom. The van der Waals surface area contributed by atoms with Gasteiger partial charge in [-0.3, -0.25) is 4.98 Å². The number of nitrogens with two attached hydrogens (primary N) is 1. The molecule has 0 amide bonds. The van der Waals surface area contributed by atoms with E-state index in [0.717, 1.165) is 41.4 Å². The number of nitrogens with zero attached hydrogens (tertiary/aromatic N) is 3. The lowest BCUT2D eigenvalue weighted by Crippen LogP contribution is -2.21. The second-order valence-electron chi connectivity index (χ2n) is 5.42. The lowest BCUT2D eigenvalue weighted by atomic mass is 10.1. The molecule has 2 aromatic rings. The van der Waals surface area contributed by atoms with E-state index in [4.69, 9.17) is 10.7 Å². The second kappa shape index (κ2) is 7.07. The van der Waals surface area contributed by atoms with Gasteiger partial charge in [0, 0.05) is 31.0 Å². The van der Waals surface area contributed by atoms with Gasteiger partial charge < -0.3 is 10.6 Å². The van der Waals surface area contributed by atoms with E-state index in [-0.39, 0.29) is 0 Å². The summed E-state index contributed by atoms with van der Waals surface area (Å²) in [6.45, 7) is 5.17. The van der Waals surface area contributed by atoms with Crippen molar-refractivity contribution in [2.75, 3.05) is 24.2 Å². The van der Waals surface area contributed by atoms with Crippen LogP contribution in [0.25, 0.3) is 11.3 Å². The quantitative estimate of drug-likeness (QED) is 0.822. The van der Waals surface area contributed by atoms with E-state index in [1.165, 1.54) is 12.8 Å². The standard InChI is InChI=1S/C17H24N4/c1-4-5-6-11-21(3)17-15(18)7-8-16(20-17)14-9-10-19-13(2)12-14/h7-10,12H,4-6,11,18H2,1-3H3. The van der Waals surface area contributed by atoms with E-state index in [1.807, 2.05) is 37.4 Å². The molecule has 0 atom stereocenters. The van der Waals surface area contributed by atoms with Gasteiger partial charge in [0.1, 0.15) is 0 Å². The fraction of sp³-hybridized carbons (Fsp3) is 0.412. The molecule has 2 rings (SSSR count). The highest BCUT2D eigenvalue weighted by Crippen LogP contribution is 2.25. The molecule has 4 nitrogen and oxygen atoms in total. The predicted molar refractivity (Wildman–Crippen MR) is 89.4 cm³/mol. The number of anilines is 2. The van der Waals surface area contributed by atoms with Crippen molar-refractivity contribution in [2.45, 2.75) is 33.1 Å². The van der Waals surface area contributed by atoms with E-state index in [1.54, 1.807) is 0 Å². The molecule has 2 aromatic heterocycles. The SMILES string of the molecule is CCCCCN(C)c1nc(-c2ccnc(C)c2)ccc1N. The molecule has 2 N–H and O–H groups in total. The highest BCUT2D eigenvalue weighted by molar-refractivity contribution is 5.69. The number of aryl methyl sites for hydroxylation is 1. The summed E-state index contributed by atoms with van der Waals surface area (Å²) >= 11 is 0. The Balaban J connectivity index is 2.24. The Kier molecular flexibility index (Phi) is 5.14. The highest BCUT2D eigenvalue weighted by Gasteiger charge is 2.09. The minimum Gasteiger partial charge on any atom is -0.396 e. The Morgan fingerprint density at radius 1 is 1.19 bits per heavy atom. The lowest BCUT2D eigenvalue weighted by Gasteiger charge is -2.20. The van der Waals surface area contributed by atoms with Gasteiger partial charge in [0.2, 0.25) is 0 Å². The number of aromatic nitrogens is 2. The van der Waals surface area contributed by atoms with E-state index < -0.39 is 0 Å². The summed E-state index contributed by atoms with van der Waals surface area (Å²) < 4.78 is 0. The summed E-state index contributed by atoms with van der Waals surface area (Å²) in [6, 6.07) is 7.92. The van der Waals surface area contributed by atoms with Gasteiger partial charge in [-0.2, -0.15) is 0 Å². The number of pyridine rings is 2. The van der Waals surface area contributed by atoms with E-state index in [0.29, 0.717) is 0 Å². The van der Waals surface area contributed by atoms with Crippen molar-refractivity contribution in [2.24, 2.45) is 0 Å². The summed E-state index contributed by atoms with van der Waals surface area (Å²) in [4.78, 5) is 11.1. The first kappa shape index (κ1) is 15.3. The summed E-state index contributed by atoms with van der Waals surface area (Å²) in [5.41, 5.74) is 9.81. The van der Waals surface area contributed by atoms with Crippen LogP contribution in [0.3, 0.4) is 0 Å². The molecule has 0 saturated heterocycles. The van der Waals surface area contributed by atoms with E-state index in [9.17, 15) is 0 Å². The number of nitrogen functional groups attached to an aromatic ring is 1. The van der Waals surface area contributed by atoms with Gasteiger partial charge in [0.25, 0.3) is 0 Å². The zero-order valence-corrected chi connectivity index (χ0v) is 13.1. The van der Waals surface area contributed by atoms with Gasteiger partial charge in [-0.25, -0.2) is 4.98 Å². The van der Waals surface area contributed by atoms with Gasteiger partial charge in [0.05, 0.1) is 11.4 Å². The maximum atomic E-state index is 6.09. The van der Waals surface area contributed by atoms with Crippen molar-refractivity contribution in [1.82, 2.24) is 9.97 Å². The molecule has 21 heavy (non-hydrogen) atoms. The van der Waals surface area contributed by atoms with Gasteiger partial charge >= 0.3 is 0 Å². The molecular formula is C17H24N4. The molecule has 112 valence electrons. The molecule has 0 saturated carbocycles. The number of hydrogen-bond donors (Lipinski definition) is 1. The normalized spacial score (nSPS) is 10.6. The Bertz CT molecular complexity index is 595. The van der Waals surface area contributed by atoms with E-state index >= 15 is 0 Å². The Labute approximate surface area is 127 Å². The fourth-order valence-corrected chi connectivity index (χ4v) is 2.34. The van der Waals surface area contributed by atoms with Gasteiger partial charge in [-0.05, 0) is 37.6 Å². The van der Waals surface area contributed by atoms with Crippen LogP contribution in [0.1, 0.15) is 31.9 Å². The van der Waals surface area contributed by atoms with Crippen molar-refractivity contribution in [3.63, 3.8) is 0 Å². The van der Waals surface area contributed by atoms with Crippen molar-refractivity contribution < 1.29 is 0 Å². The first-order chi connectivity index (χ1) is 10.1. The molecule has 0 aliphatic rings. The van der Waals surface area contributed by atoms with E-state index in [2.05, 4.69) is 23.9 Å². The molecule has 0 spiro atoms. The van der Waals surface area contributed by atoms with Crippen LogP contribution in [-0.2, 0) is 0 Å². The molecule has 0 radical (unpaired) electrons. The smallest absolute Gasteiger partial charge is 0.152 e. The molecule has 0 fully saturated rings. The Morgan fingerprint density at radius 3 is 2.71 bits per heavy atom. The summed E-state index contributed by atoms with van der Waals surface area (Å²) in [5.74, 6) is 0.859. The third kappa shape index (κ3) is 3.94. The molecule has 0 unspecified atom stereocenters. The summed E-state index contributed by atoms with van der Waals surface area (Å²) in [6.07, 6.45) is 5.42. The van der Waals surface area contributed by atoms with Crippen LogP contribution in [0, 0.1) is 6.92 Å². The molecule has 2 heterocycles. The predicted octanol–water partition coefficient (Wildman–Crippen LogP) is 3.66. The maximum Gasteiger partial charge on any atom is 0.152 e. The highest BCUT2D eigenvalue weighted by atomic mass is 15.2. The number of rotatable bonds is 6. The van der Waals surface area contributed by atoms with Crippen LogP contribution in [0.15, 0.2) is 30.5 Å². The third-order valence-electron chi connectivity index (χ3n) is 3.56. The number of unbranched alkanes of at least 4 members (excludes halogenated alkanes) is 2. The maximum absolute atomic E-state index is 6.09. The third-order valence-corrected chi connectivity index (χ3v) is 3.56. The van der Waals surface area contributed by atoms with Crippen LogP contribution in [0.5, 0.6) is 0 Å². The monoisotopic (exact) mass is 284 g/mol. The molecular weight excluding hydrogens is 260 g/mol. The largest absolute Gasteiger partial charge is 0.396 e. The summed E-state index contributed by atoms with van der Waals surface area (Å²) in [7, 11) is 2.05. The Hall–Kier alpha value is -2.10. The lowest BCUT2D eigenvalue weighted by molar-refractivity contribution is 0.702. The minimum atomic E-state index is 0.725.